The highest BCUT2D eigenvalue weighted by Gasteiger charge is 2.31. The first kappa shape index (κ1) is 18.0. The Labute approximate surface area is 161 Å². The number of thiophene rings is 1. The number of nitrogens with zero attached hydrogens (tertiary/aromatic N) is 4. The van der Waals surface area contributed by atoms with Gasteiger partial charge in [-0.2, -0.15) is 0 Å². The molecule has 1 aliphatic carbocycles. The average molecular weight is 393 g/mol. The molecule has 2 aliphatic rings. The maximum absolute atomic E-state index is 12.6. The van der Waals surface area contributed by atoms with Gasteiger partial charge in [0.1, 0.15) is 5.82 Å². The highest BCUT2D eigenvalue weighted by atomic mass is 32.2. The molecule has 2 fully saturated rings. The molecule has 2 aromatic heterocycles. The Morgan fingerprint density at radius 3 is 2.73 bits per heavy atom. The van der Waals surface area contributed by atoms with Gasteiger partial charge < -0.3 is 14.2 Å². The first-order valence-electron chi connectivity index (χ1n) is 9.12. The van der Waals surface area contributed by atoms with Gasteiger partial charge in [0.05, 0.1) is 18.0 Å². The quantitative estimate of drug-likeness (QED) is 0.707. The number of rotatable bonds is 6. The van der Waals surface area contributed by atoms with E-state index in [0.29, 0.717) is 24.9 Å². The lowest BCUT2D eigenvalue weighted by Gasteiger charge is -2.35. The van der Waals surface area contributed by atoms with Crippen LogP contribution in [-0.2, 0) is 16.0 Å². The molecule has 1 saturated carbocycles. The third kappa shape index (κ3) is 4.13. The number of carbonyl (C=O) groups is 1. The van der Waals surface area contributed by atoms with Crippen LogP contribution in [0.1, 0.15) is 43.4 Å². The predicted molar refractivity (Wildman–Crippen MR) is 103 cm³/mol. The molecule has 1 amide bonds. The van der Waals surface area contributed by atoms with Gasteiger partial charge in [0, 0.05) is 30.4 Å². The van der Waals surface area contributed by atoms with E-state index in [9.17, 15) is 4.79 Å². The highest BCUT2D eigenvalue weighted by molar-refractivity contribution is 7.99. The first-order valence-corrected chi connectivity index (χ1v) is 11.0. The average Bonchev–Trinajstić information content (AvgIpc) is 3.15. The molecule has 4 rings (SSSR count). The minimum Gasteiger partial charge on any atom is -0.372 e. The lowest BCUT2D eigenvalue weighted by molar-refractivity contribution is -0.140. The van der Waals surface area contributed by atoms with Crippen LogP contribution in [0.3, 0.4) is 0 Å². The van der Waals surface area contributed by atoms with Crippen LogP contribution in [0, 0.1) is 0 Å². The van der Waals surface area contributed by atoms with Crippen molar-refractivity contribution in [3.63, 3.8) is 0 Å². The monoisotopic (exact) mass is 392 g/mol. The smallest absolute Gasteiger partial charge is 0.233 e. The van der Waals surface area contributed by atoms with E-state index in [2.05, 4.69) is 32.3 Å². The minimum absolute atomic E-state index is 0.0974. The summed E-state index contributed by atoms with van der Waals surface area (Å²) in [5, 5.41) is 11.8. The normalized spacial score (nSPS) is 23.4. The van der Waals surface area contributed by atoms with E-state index in [1.54, 1.807) is 11.3 Å². The van der Waals surface area contributed by atoms with Crippen molar-refractivity contribution in [2.45, 2.75) is 56.5 Å². The van der Waals surface area contributed by atoms with Crippen LogP contribution in [0.4, 0.5) is 0 Å². The number of thioether (sulfide) groups is 1. The summed E-state index contributed by atoms with van der Waals surface area (Å²) in [6.45, 7) is 5.37. The van der Waals surface area contributed by atoms with Gasteiger partial charge in [-0.1, -0.05) is 17.8 Å². The maximum Gasteiger partial charge on any atom is 0.233 e. The van der Waals surface area contributed by atoms with Crippen LogP contribution >= 0.6 is 23.1 Å². The van der Waals surface area contributed by atoms with Crippen LogP contribution in [-0.4, -0.2) is 56.6 Å². The SMILES string of the molecule is CC1CN(C(=O)CSc2nnc(Cc3cccs3)n2C2CC2)CC(C)O1. The summed E-state index contributed by atoms with van der Waals surface area (Å²) in [7, 11) is 0. The van der Waals surface area contributed by atoms with E-state index in [1.807, 2.05) is 18.7 Å². The maximum atomic E-state index is 12.6. The van der Waals surface area contributed by atoms with Gasteiger partial charge in [-0.05, 0) is 38.1 Å². The molecule has 0 radical (unpaired) electrons. The van der Waals surface area contributed by atoms with Crippen molar-refractivity contribution in [2.24, 2.45) is 0 Å². The van der Waals surface area contributed by atoms with Crippen molar-refractivity contribution in [3.8, 4) is 0 Å². The van der Waals surface area contributed by atoms with Gasteiger partial charge >= 0.3 is 0 Å². The summed E-state index contributed by atoms with van der Waals surface area (Å²) in [6.07, 6.45) is 3.36. The Bertz CT molecular complexity index is 747. The van der Waals surface area contributed by atoms with E-state index < -0.39 is 0 Å². The predicted octanol–water partition coefficient (Wildman–Crippen LogP) is 2.99. The number of amides is 1. The van der Waals surface area contributed by atoms with Crippen LogP contribution < -0.4 is 0 Å². The molecule has 2 unspecified atom stereocenters. The molecular weight excluding hydrogens is 368 g/mol. The van der Waals surface area contributed by atoms with Gasteiger partial charge in [-0.3, -0.25) is 4.79 Å². The second kappa shape index (κ2) is 7.70. The third-order valence-corrected chi connectivity index (χ3v) is 6.46. The molecule has 2 atom stereocenters. The Morgan fingerprint density at radius 1 is 1.31 bits per heavy atom. The van der Waals surface area contributed by atoms with Gasteiger partial charge in [-0.15, -0.1) is 21.5 Å². The number of morpholine rings is 1. The Hall–Kier alpha value is -1.38. The van der Waals surface area contributed by atoms with Crippen molar-refractivity contribution < 1.29 is 9.53 Å². The fourth-order valence-electron chi connectivity index (χ4n) is 3.39. The molecule has 8 heteroatoms. The number of hydrogen-bond acceptors (Lipinski definition) is 6. The summed E-state index contributed by atoms with van der Waals surface area (Å²) in [6, 6.07) is 4.70. The second-order valence-corrected chi connectivity index (χ2v) is 9.08. The van der Waals surface area contributed by atoms with E-state index in [0.717, 1.165) is 17.4 Å². The van der Waals surface area contributed by atoms with Gasteiger partial charge in [-0.25, -0.2) is 0 Å². The van der Waals surface area contributed by atoms with E-state index >= 15 is 0 Å². The van der Waals surface area contributed by atoms with E-state index in [-0.39, 0.29) is 18.1 Å². The lowest BCUT2D eigenvalue weighted by atomic mass is 10.2. The summed E-state index contributed by atoms with van der Waals surface area (Å²) in [4.78, 5) is 15.8. The lowest BCUT2D eigenvalue weighted by Crippen LogP contribution is -2.48. The molecule has 1 aliphatic heterocycles. The van der Waals surface area contributed by atoms with Crippen LogP contribution in [0.25, 0.3) is 0 Å². The Morgan fingerprint density at radius 2 is 2.08 bits per heavy atom. The van der Waals surface area contributed by atoms with Gasteiger partial charge in [0.25, 0.3) is 0 Å². The van der Waals surface area contributed by atoms with Crippen molar-refractivity contribution in [3.05, 3.63) is 28.2 Å². The van der Waals surface area contributed by atoms with E-state index in [4.69, 9.17) is 4.74 Å². The van der Waals surface area contributed by atoms with Crippen molar-refractivity contribution >= 4 is 29.0 Å². The van der Waals surface area contributed by atoms with Crippen molar-refractivity contribution in [2.75, 3.05) is 18.8 Å². The van der Waals surface area contributed by atoms with Crippen molar-refractivity contribution in [1.29, 1.82) is 0 Å². The fraction of sp³-hybridized carbons (Fsp3) is 0.611. The summed E-state index contributed by atoms with van der Waals surface area (Å²) >= 11 is 3.26. The Balaban J connectivity index is 1.41. The highest BCUT2D eigenvalue weighted by Crippen LogP contribution is 2.39. The molecule has 26 heavy (non-hydrogen) atoms. The zero-order chi connectivity index (χ0) is 18.1. The van der Waals surface area contributed by atoms with Crippen molar-refractivity contribution in [1.82, 2.24) is 19.7 Å². The number of hydrogen-bond donors (Lipinski definition) is 0. The topological polar surface area (TPSA) is 60.2 Å². The fourth-order valence-corrected chi connectivity index (χ4v) is 5.02. The molecule has 0 bridgehead atoms. The molecular formula is C18H24N4O2S2. The summed E-state index contributed by atoms with van der Waals surface area (Å²) in [5.74, 6) is 1.57. The number of carbonyl (C=O) groups excluding carboxylic acids is 1. The van der Waals surface area contributed by atoms with Crippen LogP contribution in [0.15, 0.2) is 22.7 Å². The van der Waals surface area contributed by atoms with Crippen LogP contribution in [0.5, 0.6) is 0 Å². The molecule has 6 nitrogen and oxygen atoms in total. The molecule has 2 aromatic rings. The zero-order valence-corrected chi connectivity index (χ0v) is 16.8. The molecule has 0 aromatic carbocycles. The second-order valence-electron chi connectivity index (χ2n) is 7.10. The molecule has 140 valence electrons. The van der Waals surface area contributed by atoms with E-state index in [1.165, 1.54) is 29.5 Å². The first-order chi connectivity index (χ1) is 12.6. The third-order valence-electron chi connectivity index (χ3n) is 4.66. The van der Waals surface area contributed by atoms with Gasteiger partial charge in [0.15, 0.2) is 5.16 Å². The Kier molecular flexibility index (Phi) is 5.33. The largest absolute Gasteiger partial charge is 0.372 e. The molecule has 0 spiro atoms. The molecule has 1 saturated heterocycles. The molecule has 0 N–H and O–H groups in total. The summed E-state index contributed by atoms with van der Waals surface area (Å²) in [5.41, 5.74) is 0. The minimum atomic E-state index is 0.0974. The number of ether oxygens (including phenoxy) is 1. The zero-order valence-electron chi connectivity index (χ0n) is 15.1. The standard InChI is InChI=1S/C18H24N4O2S2/c1-12-9-21(10-13(2)24-12)17(23)11-26-18-20-19-16(22(18)14-5-6-14)8-15-4-3-7-25-15/h3-4,7,12-14H,5-6,8-11H2,1-2H3. The number of aromatic nitrogens is 3. The summed E-state index contributed by atoms with van der Waals surface area (Å²) < 4.78 is 7.97. The van der Waals surface area contributed by atoms with Gasteiger partial charge in [0.2, 0.25) is 5.91 Å². The molecule has 3 heterocycles. The van der Waals surface area contributed by atoms with Crippen LogP contribution in [0.2, 0.25) is 0 Å².